The lowest BCUT2D eigenvalue weighted by atomic mass is 10.0. The number of unbranched alkanes of at least 4 members (excludes halogenated alkanes) is 44. The predicted octanol–water partition coefficient (Wildman–Crippen LogP) is 24.0. The lowest BCUT2D eigenvalue weighted by Crippen LogP contribution is -2.30. The molecule has 0 aromatic carbocycles. The molecule has 0 bridgehead atoms. The van der Waals surface area contributed by atoms with Gasteiger partial charge < -0.3 is 33.8 Å². The molecule has 2 unspecified atom stereocenters. The van der Waals surface area contributed by atoms with Crippen LogP contribution < -0.4 is 0 Å². The molecule has 594 valence electrons. The van der Waals surface area contributed by atoms with Gasteiger partial charge in [-0.15, -0.1) is 0 Å². The molecule has 0 spiro atoms. The van der Waals surface area contributed by atoms with Gasteiger partial charge in [-0.3, -0.25) is 37.3 Å². The third-order valence-corrected chi connectivity index (χ3v) is 20.7. The fourth-order valence-corrected chi connectivity index (χ4v) is 14.0. The zero-order valence-corrected chi connectivity index (χ0v) is 67.6. The first-order valence-electron chi connectivity index (χ1n) is 41.7. The smallest absolute Gasteiger partial charge is 0.462 e. The van der Waals surface area contributed by atoms with Crippen molar-refractivity contribution in [2.24, 2.45) is 23.7 Å². The van der Waals surface area contributed by atoms with Crippen LogP contribution in [0.5, 0.6) is 0 Å². The van der Waals surface area contributed by atoms with Crippen LogP contribution in [0.1, 0.15) is 415 Å². The quantitative estimate of drug-likeness (QED) is 0.0222. The van der Waals surface area contributed by atoms with Crippen LogP contribution in [0.3, 0.4) is 0 Å². The number of aliphatic hydroxyl groups is 1. The van der Waals surface area contributed by atoms with Crippen molar-refractivity contribution in [1.29, 1.82) is 0 Å². The summed E-state index contributed by atoms with van der Waals surface area (Å²) >= 11 is 0. The maximum Gasteiger partial charge on any atom is 0.472 e. The van der Waals surface area contributed by atoms with E-state index in [4.69, 9.17) is 37.0 Å². The normalized spacial score (nSPS) is 14.0. The van der Waals surface area contributed by atoms with Gasteiger partial charge in [-0.1, -0.05) is 364 Å². The number of hydrogen-bond donors (Lipinski definition) is 3. The highest BCUT2D eigenvalue weighted by Crippen LogP contribution is 2.45. The Hall–Kier alpha value is -1.94. The van der Waals surface area contributed by atoms with Crippen LogP contribution in [0, 0.1) is 23.7 Å². The minimum absolute atomic E-state index is 0.106. The molecule has 3 N–H and O–H groups in total. The number of phosphoric acid groups is 2. The summed E-state index contributed by atoms with van der Waals surface area (Å²) in [6, 6.07) is 0. The molecule has 0 saturated heterocycles. The first-order valence-corrected chi connectivity index (χ1v) is 44.7. The number of carbonyl (C=O) groups excluding carboxylic acids is 4. The van der Waals surface area contributed by atoms with E-state index < -0.39 is 97.5 Å². The van der Waals surface area contributed by atoms with Crippen molar-refractivity contribution in [1.82, 2.24) is 0 Å². The van der Waals surface area contributed by atoms with E-state index in [-0.39, 0.29) is 25.7 Å². The maximum atomic E-state index is 13.1. The van der Waals surface area contributed by atoms with Gasteiger partial charge in [0.25, 0.3) is 0 Å². The third-order valence-electron chi connectivity index (χ3n) is 18.8. The van der Waals surface area contributed by atoms with Gasteiger partial charge in [-0.25, -0.2) is 9.13 Å². The number of phosphoric ester groups is 2. The van der Waals surface area contributed by atoms with E-state index in [1.807, 2.05) is 0 Å². The Morgan fingerprint density at radius 1 is 0.250 bits per heavy atom. The highest BCUT2D eigenvalue weighted by molar-refractivity contribution is 7.47. The summed E-state index contributed by atoms with van der Waals surface area (Å²) in [5.74, 6) is 0.994. The molecule has 0 aromatic heterocycles. The van der Waals surface area contributed by atoms with Crippen LogP contribution in [-0.4, -0.2) is 96.7 Å². The Balaban J connectivity index is 5.27. The van der Waals surface area contributed by atoms with Crippen LogP contribution in [0.15, 0.2) is 0 Å². The molecule has 0 aliphatic heterocycles. The SMILES string of the molecule is CC(C)CCCCCCCCCCCCCCCCC(=O)O[C@H](COC(=O)CCCCCCCCCCCCCCCC(C)C)COP(=O)(O)OC[C@@H](O)COP(=O)(O)OC[C@@H](COC(=O)CCCCCCCCCCCC(C)C)OC(=O)CCCCCCCCCCCCCCC(C)C. The van der Waals surface area contributed by atoms with E-state index in [0.29, 0.717) is 25.7 Å². The number of aliphatic hydroxyl groups excluding tert-OH is 1. The molecular weight excluding hydrogens is 1310 g/mol. The minimum atomic E-state index is -4.96. The average molecular weight is 1470 g/mol. The zero-order valence-electron chi connectivity index (χ0n) is 65.8. The second kappa shape index (κ2) is 70.1. The number of carbonyl (C=O) groups is 4. The lowest BCUT2D eigenvalue weighted by Gasteiger charge is -2.21. The van der Waals surface area contributed by atoms with Crippen molar-refractivity contribution in [2.75, 3.05) is 39.6 Å². The summed E-state index contributed by atoms with van der Waals surface area (Å²) in [6.45, 7) is 14.3. The molecule has 0 aliphatic rings. The maximum absolute atomic E-state index is 13.1. The molecule has 19 heteroatoms. The summed E-state index contributed by atoms with van der Waals surface area (Å²) < 4.78 is 68.8. The molecule has 0 aliphatic carbocycles. The second-order valence-corrected chi connectivity index (χ2v) is 34.0. The molecular formula is C81H158O17P2. The summed E-state index contributed by atoms with van der Waals surface area (Å²) in [5, 5.41) is 10.6. The Morgan fingerprint density at radius 3 is 0.620 bits per heavy atom. The first-order chi connectivity index (χ1) is 48.1. The fraction of sp³-hybridized carbons (Fsp3) is 0.951. The summed E-state index contributed by atoms with van der Waals surface area (Å²) in [6.07, 6.45) is 56.8. The summed E-state index contributed by atoms with van der Waals surface area (Å²) in [4.78, 5) is 73.1. The minimum Gasteiger partial charge on any atom is -0.462 e. The second-order valence-electron chi connectivity index (χ2n) is 31.1. The van der Waals surface area contributed by atoms with Crippen molar-refractivity contribution >= 4 is 39.5 Å². The monoisotopic (exact) mass is 1470 g/mol. The van der Waals surface area contributed by atoms with E-state index in [1.54, 1.807) is 0 Å². The number of esters is 4. The van der Waals surface area contributed by atoms with Crippen molar-refractivity contribution in [3.8, 4) is 0 Å². The molecule has 0 amide bonds. The Labute approximate surface area is 613 Å². The summed E-state index contributed by atoms with van der Waals surface area (Å²) in [5.41, 5.74) is 0. The standard InChI is InChI=1S/C81H158O17P2/c1-71(2)57-49-41-33-25-18-12-9-10-14-22-30-39-47-55-63-80(85)97-76(67-91-78(83)61-53-45-37-29-21-15-11-13-19-26-34-42-50-58-72(3)4)69-95-99(87,88)93-65-75(82)66-94-100(89,90)96-70-77(68-92-79(84)62-54-46-38-32-24-28-36-44-52-60-74(7)8)98-81(86)64-56-48-40-31-23-17-16-20-27-35-43-51-59-73(5)6/h71-77,82H,9-70H2,1-8H3,(H,87,88)(H,89,90)/t75-,76-,77-/m1/s1. The molecule has 0 fully saturated rings. The molecule has 0 aromatic rings. The van der Waals surface area contributed by atoms with Crippen LogP contribution >= 0.6 is 15.6 Å². The largest absolute Gasteiger partial charge is 0.472 e. The van der Waals surface area contributed by atoms with Gasteiger partial charge >= 0.3 is 39.5 Å². The molecule has 100 heavy (non-hydrogen) atoms. The van der Waals surface area contributed by atoms with Gasteiger partial charge in [-0.05, 0) is 49.4 Å². The molecule has 0 heterocycles. The van der Waals surface area contributed by atoms with Gasteiger partial charge in [0.05, 0.1) is 26.4 Å². The fourth-order valence-electron chi connectivity index (χ4n) is 12.4. The lowest BCUT2D eigenvalue weighted by molar-refractivity contribution is -0.161. The molecule has 17 nitrogen and oxygen atoms in total. The van der Waals surface area contributed by atoms with E-state index >= 15 is 0 Å². The number of hydrogen-bond acceptors (Lipinski definition) is 15. The Bertz CT molecular complexity index is 1950. The average Bonchev–Trinajstić information content (AvgIpc) is 0.911. The van der Waals surface area contributed by atoms with Crippen LogP contribution in [0.4, 0.5) is 0 Å². The highest BCUT2D eigenvalue weighted by atomic mass is 31.2. The molecule has 5 atom stereocenters. The van der Waals surface area contributed by atoms with E-state index in [1.165, 1.54) is 218 Å². The van der Waals surface area contributed by atoms with Crippen LogP contribution in [0.2, 0.25) is 0 Å². The molecule has 0 radical (unpaired) electrons. The van der Waals surface area contributed by atoms with Gasteiger partial charge in [0.2, 0.25) is 0 Å². The topological polar surface area (TPSA) is 237 Å². The highest BCUT2D eigenvalue weighted by Gasteiger charge is 2.30. The van der Waals surface area contributed by atoms with Crippen LogP contribution in [0.25, 0.3) is 0 Å². The van der Waals surface area contributed by atoms with Crippen LogP contribution in [-0.2, 0) is 65.4 Å². The Morgan fingerprint density at radius 2 is 0.420 bits per heavy atom. The number of rotatable bonds is 78. The van der Waals surface area contributed by atoms with Crippen molar-refractivity contribution in [2.45, 2.75) is 433 Å². The van der Waals surface area contributed by atoms with E-state index in [0.717, 1.165) is 114 Å². The molecule has 0 rings (SSSR count). The van der Waals surface area contributed by atoms with Crippen molar-refractivity contribution in [3.05, 3.63) is 0 Å². The Kier molecular flexibility index (Phi) is 68.7. The van der Waals surface area contributed by atoms with Gasteiger partial charge in [0.15, 0.2) is 12.2 Å². The molecule has 0 saturated carbocycles. The first kappa shape index (κ1) is 98.1. The zero-order chi connectivity index (χ0) is 73.8. The van der Waals surface area contributed by atoms with Crippen molar-refractivity contribution in [3.63, 3.8) is 0 Å². The van der Waals surface area contributed by atoms with Gasteiger partial charge in [0.1, 0.15) is 19.3 Å². The van der Waals surface area contributed by atoms with E-state index in [9.17, 15) is 43.2 Å². The summed E-state index contributed by atoms with van der Waals surface area (Å²) in [7, 11) is -9.92. The van der Waals surface area contributed by atoms with Crippen molar-refractivity contribution < 1.29 is 80.2 Å². The van der Waals surface area contributed by atoms with Gasteiger partial charge in [0, 0.05) is 25.7 Å². The third kappa shape index (κ3) is 74.3. The van der Waals surface area contributed by atoms with Gasteiger partial charge in [-0.2, -0.15) is 0 Å². The number of ether oxygens (including phenoxy) is 4. The predicted molar refractivity (Wildman–Crippen MR) is 409 cm³/mol. The van der Waals surface area contributed by atoms with E-state index in [2.05, 4.69) is 55.4 Å².